The van der Waals surface area contributed by atoms with Crippen molar-refractivity contribution in [1.29, 1.82) is 0 Å². The Labute approximate surface area is 352 Å². The predicted molar refractivity (Wildman–Crippen MR) is 227 cm³/mol. The van der Waals surface area contributed by atoms with E-state index in [1.54, 1.807) is 72.8 Å². The van der Waals surface area contributed by atoms with E-state index in [1.807, 2.05) is 0 Å². The minimum absolute atomic E-state index is 0.00898. The highest BCUT2D eigenvalue weighted by molar-refractivity contribution is 7.80. The van der Waals surface area contributed by atoms with Gasteiger partial charge in [-0.2, -0.15) is 25.3 Å². The van der Waals surface area contributed by atoms with Gasteiger partial charge in [0.05, 0.1) is 6.04 Å². The van der Waals surface area contributed by atoms with Crippen molar-refractivity contribution in [3.63, 3.8) is 0 Å². The summed E-state index contributed by atoms with van der Waals surface area (Å²) in [6, 6.07) is 21.8. The molecular weight excluding hydrogens is 797 g/mol. The Morgan fingerprint density at radius 3 is 1.02 bits per heavy atom. The van der Waals surface area contributed by atoms with Crippen LogP contribution in [0.3, 0.4) is 0 Å². The summed E-state index contributed by atoms with van der Waals surface area (Å²) in [7, 11) is 0. The largest absolute Gasteiger partial charge is 0.508 e. The molecule has 0 spiro atoms. The number of phenolic OH excluding ortho intramolecular Hbond substituents is 2. The minimum atomic E-state index is -1.38. The summed E-state index contributed by atoms with van der Waals surface area (Å²) in [5, 5.41) is 42.5. The molecule has 0 heterocycles. The number of carbonyl (C=O) groups is 6. The van der Waals surface area contributed by atoms with Crippen LogP contribution >= 0.6 is 25.3 Å². The Bertz CT molecular complexity index is 2030. The molecule has 4 aromatic carbocycles. The van der Waals surface area contributed by atoms with Crippen LogP contribution in [-0.4, -0.2) is 98.6 Å². The smallest absolute Gasteiger partial charge is 0.327 e. The summed E-state index contributed by atoms with van der Waals surface area (Å²) in [5.41, 5.74) is 8.31. The molecule has 0 saturated carbocycles. The molecule has 0 bridgehead atoms. The SMILES string of the molecule is N[C@@H](CS)C(=O)N[C@@H](Cc1ccccc1)C(=O)N[C@@H](Cc1ccc(O)cc1)C(=O)N[C@@H](Cc1ccccc1)C(=O)N[C@@H](Cc1ccc(O)cc1)C(=O)N[C@@H](CS)C(=O)O. The molecular formula is C42H48N6O9S2. The minimum Gasteiger partial charge on any atom is -0.508 e. The van der Waals surface area contributed by atoms with Gasteiger partial charge in [-0.25, -0.2) is 4.79 Å². The molecule has 0 aliphatic carbocycles. The first-order chi connectivity index (χ1) is 28.3. The first-order valence-electron chi connectivity index (χ1n) is 18.6. The summed E-state index contributed by atoms with van der Waals surface area (Å²) >= 11 is 8.12. The van der Waals surface area contributed by atoms with E-state index in [9.17, 15) is 44.1 Å². The summed E-state index contributed by atoms with van der Waals surface area (Å²) in [5.74, 6) is -5.41. The second-order valence-electron chi connectivity index (χ2n) is 13.7. The number of benzene rings is 4. The molecule has 4 aromatic rings. The van der Waals surface area contributed by atoms with Crippen molar-refractivity contribution in [1.82, 2.24) is 26.6 Å². The fourth-order valence-electron chi connectivity index (χ4n) is 5.91. The van der Waals surface area contributed by atoms with Crippen LogP contribution in [0.1, 0.15) is 22.3 Å². The number of carboxylic acids is 1. The highest BCUT2D eigenvalue weighted by Gasteiger charge is 2.33. The van der Waals surface area contributed by atoms with E-state index in [1.165, 1.54) is 36.4 Å². The van der Waals surface area contributed by atoms with Crippen molar-refractivity contribution in [3.05, 3.63) is 131 Å². The summed E-state index contributed by atoms with van der Waals surface area (Å²) in [4.78, 5) is 80.9. The number of aliphatic carboxylic acids is 1. The summed E-state index contributed by atoms with van der Waals surface area (Å²) < 4.78 is 0. The van der Waals surface area contributed by atoms with Gasteiger partial charge >= 0.3 is 5.97 Å². The van der Waals surface area contributed by atoms with Gasteiger partial charge in [0.25, 0.3) is 0 Å². The van der Waals surface area contributed by atoms with E-state index in [4.69, 9.17) is 5.73 Å². The number of hydrogen-bond donors (Lipinski definition) is 11. The highest BCUT2D eigenvalue weighted by atomic mass is 32.1. The van der Waals surface area contributed by atoms with Crippen molar-refractivity contribution in [3.8, 4) is 11.5 Å². The molecule has 312 valence electrons. The van der Waals surface area contributed by atoms with E-state index >= 15 is 0 Å². The molecule has 5 amide bonds. The standard InChI is InChI=1S/C42H48N6O9S2/c43-31(23-58)37(51)44-32(19-25-7-3-1-4-8-25)38(52)46-34(21-27-11-15-29(49)16-12-27)40(54)45-33(20-26-9-5-2-6-10-26)39(53)47-35(22-28-13-17-30(50)18-14-28)41(55)48-36(24-59)42(56)57/h1-18,31-36,49-50,58-59H,19-24,43H2,(H,44,51)(H,45,54)(H,46,52)(H,47,53)(H,48,55)(H,56,57)/t31-,32-,33-,34-,35-,36-/m0/s1. The van der Waals surface area contributed by atoms with Gasteiger partial charge in [0.1, 0.15) is 41.7 Å². The van der Waals surface area contributed by atoms with E-state index in [0.717, 1.165) is 0 Å². The maximum absolute atomic E-state index is 14.4. The molecule has 0 unspecified atom stereocenters. The Balaban J connectivity index is 1.66. The fraction of sp³-hybridized carbons (Fsp3) is 0.286. The number of phenols is 2. The van der Waals surface area contributed by atoms with Gasteiger partial charge in [-0.3, -0.25) is 24.0 Å². The highest BCUT2D eigenvalue weighted by Crippen LogP contribution is 2.15. The first kappa shape index (κ1) is 45.7. The van der Waals surface area contributed by atoms with Crippen LogP contribution in [0, 0.1) is 0 Å². The van der Waals surface area contributed by atoms with Crippen molar-refractivity contribution in [2.45, 2.75) is 61.9 Å². The molecule has 17 heteroatoms. The topological polar surface area (TPSA) is 249 Å². The number of carboxylic acid groups (broad SMARTS) is 1. The average Bonchev–Trinajstić information content (AvgIpc) is 3.23. The van der Waals surface area contributed by atoms with Crippen molar-refractivity contribution in [2.75, 3.05) is 11.5 Å². The van der Waals surface area contributed by atoms with E-state index in [0.29, 0.717) is 22.3 Å². The number of carbonyl (C=O) groups excluding carboxylic acids is 5. The molecule has 0 aromatic heterocycles. The van der Waals surface area contributed by atoms with E-state index in [2.05, 4.69) is 51.8 Å². The zero-order chi connectivity index (χ0) is 42.9. The number of hydrogen-bond acceptors (Lipinski definition) is 11. The molecule has 0 aliphatic rings. The van der Waals surface area contributed by atoms with Gasteiger partial charge in [-0.1, -0.05) is 84.9 Å². The Morgan fingerprint density at radius 1 is 0.441 bits per heavy atom. The fourth-order valence-corrected chi connectivity index (χ4v) is 6.32. The first-order valence-corrected chi connectivity index (χ1v) is 19.9. The number of aromatic hydroxyl groups is 2. The van der Waals surface area contributed by atoms with Gasteiger partial charge in [0, 0.05) is 37.2 Å². The lowest BCUT2D eigenvalue weighted by molar-refractivity contribution is -0.141. The third kappa shape index (κ3) is 14.7. The Hall–Kier alpha value is -6.04. The Kier molecular flexibility index (Phi) is 17.6. The third-order valence-electron chi connectivity index (χ3n) is 9.18. The van der Waals surface area contributed by atoms with Crippen LogP contribution in [0.5, 0.6) is 11.5 Å². The number of nitrogens with two attached hydrogens (primary N) is 1. The molecule has 0 saturated heterocycles. The van der Waals surface area contributed by atoms with Crippen molar-refractivity contribution in [2.24, 2.45) is 5.73 Å². The monoisotopic (exact) mass is 844 g/mol. The molecule has 0 radical (unpaired) electrons. The van der Waals surface area contributed by atoms with Gasteiger partial charge < -0.3 is 47.6 Å². The Morgan fingerprint density at radius 2 is 0.729 bits per heavy atom. The van der Waals surface area contributed by atoms with Crippen LogP contribution in [0.4, 0.5) is 0 Å². The maximum Gasteiger partial charge on any atom is 0.327 e. The third-order valence-corrected chi connectivity index (χ3v) is 9.94. The second kappa shape index (κ2) is 22.8. The van der Waals surface area contributed by atoms with Crippen LogP contribution in [0.25, 0.3) is 0 Å². The van der Waals surface area contributed by atoms with Gasteiger partial charge in [-0.15, -0.1) is 0 Å². The van der Waals surface area contributed by atoms with Gasteiger partial charge in [0.2, 0.25) is 29.5 Å². The van der Waals surface area contributed by atoms with E-state index < -0.39 is 71.8 Å². The number of amides is 5. The van der Waals surface area contributed by atoms with Gasteiger partial charge in [0.15, 0.2) is 0 Å². The zero-order valence-corrected chi connectivity index (χ0v) is 33.7. The molecule has 4 rings (SSSR count). The molecule has 15 nitrogen and oxygen atoms in total. The number of thiol groups is 2. The van der Waals surface area contributed by atoms with Gasteiger partial charge in [-0.05, 0) is 46.5 Å². The van der Waals surface area contributed by atoms with Crippen molar-refractivity contribution < 1.29 is 44.1 Å². The van der Waals surface area contributed by atoms with Crippen LogP contribution < -0.4 is 32.3 Å². The molecule has 6 atom stereocenters. The molecule has 10 N–H and O–H groups in total. The average molecular weight is 845 g/mol. The zero-order valence-electron chi connectivity index (χ0n) is 31.9. The van der Waals surface area contributed by atoms with Crippen molar-refractivity contribution >= 4 is 60.8 Å². The summed E-state index contributed by atoms with van der Waals surface area (Å²) in [6.45, 7) is 0. The molecule has 0 fully saturated rings. The number of rotatable bonds is 21. The second-order valence-corrected chi connectivity index (χ2v) is 14.5. The lowest BCUT2D eigenvalue weighted by atomic mass is 10.00. The normalized spacial score (nSPS) is 13.9. The molecule has 0 aliphatic heterocycles. The van der Waals surface area contributed by atoms with Crippen LogP contribution in [0.15, 0.2) is 109 Å². The maximum atomic E-state index is 14.4. The number of nitrogens with one attached hydrogen (secondary N) is 5. The molecule has 59 heavy (non-hydrogen) atoms. The van der Waals surface area contributed by atoms with Crippen LogP contribution in [-0.2, 0) is 54.5 Å². The predicted octanol–water partition coefficient (Wildman–Crippen LogP) is 1.06. The lowest BCUT2D eigenvalue weighted by Gasteiger charge is -2.27. The van der Waals surface area contributed by atoms with E-state index in [-0.39, 0.29) is 48.7 Å². The lowest BCUT2D eigenvalue weighted by Crippen LogP contribution is -2.60. The quantitative estimate of drug-likeness (QED) is 0.0533. The summed E-state index contributed by atoms with van der Waals surface area (Å²) in [6.07, 6.45) is -0.237. The van der Waals surface area contributed by atoms with Crippen LogP contribution in [0.2, 0.25) is 0 Å².